The summed E-state index contributed by atoms with van der Waals surface area (Å²) in [6.07, 6.45) is 2.75. The maximum Gasteiger partial charge on any atom is 0.356 e. The van der Waals surface area contributed by atoms with Crippen LogP contribution in [0.2, 0.25) is 0 Å². The summed E-state index contributed by atoms with van der Waals surface area (Å²) in [5.41, 5.74) is -0.813. The normalized spacial score (nSPS) is 10.1. The minimum atomic E-state index is -0.914. The molecule has 2 rings (SSSR count). The van der Waals surface area contributed by atoms with Crippen LogP contribution in [0.4, 0.5) is 0 Å². The Labute approximate surface area is 132 Å². The molecule has 0 bridgehead atoms. The molecule has 0 aliphatic carbocycles. The van der Waals surface area contributed by atoms with E-state index >= 15 is 0 Å². The van der Waals surface area contributed by atoms with Crippen LogP contribution in [0, 0.1) is 0 Å². The molecule has 0 amide bonds. The number of benzene rings is 1. The van der Waals surface area contributed by atoms with Crippen molar-refractivity contribution >= 4 is 22.8 Å². The fourth-order valence-electron chi connectivity index (χ4n) is 2.00. The zero-order valence-electron chi connectivity index (χ0n) is 12.3. The highest BCUT2D eigenvalue weighted by atomic mass is 16.5. The molecular formula is C17H15NO5. The molecule has 0 saturated heterocycles. The topological polar surface area (TPSA) is 85.5 Å². The van der Waals surface area contributed by atoms with E-state index in [9.17, 15) is 14.4 Å². The predicted octanol–water partition coefficient (Wildman–Crippen LogP) is 2.21. The van der Waals surface area contributed by atoms with E-state index in [4.69, 9.17) is 9.47 Å². The summed E-state index contributed by atoms with van der Waals surface area (Å²) in [7, 11) is 0. The molecule has 0 saturated carbocycles. The highest BCUT2D eigenvalue weighted by Crippen LogP contribution is 2.13. The Kier molecular flexibility index (Phi) is 5.09. The van der Waals surface area contributed by atoms with E-state index in [0.29, 0.717) is 5.52 Å². The first-order valence-electron chi connectivity index (χ1n) is 6.81. The first kappa shape index (κ1) is 16.2. The zero-order valence-corrected chi connectivity index (χ0v) is 12.3. The number of fused-ring (bicyclic) bond motifs is 1. The molecule has 1 heterocycles. The van der Waals surface area contributed by atoms with E-state index in [1.165, 1.54) is 12.2 Å². The molecule has 2 aromatic rings. The number of ether oxygens (including phenoxy) is 2. The van der Waals surface area contributed by atoms with Gasteiger partial charge in [0.05, 0.1) is 0 Å². The molecule has 0 atom stereocenters. The monoisotopic (exact) mass is 313 g/mol. The average Bonchev–Trinajstić information content (AvgIpc) is 2.57. The summed E-state index contributed by atoms with van der Waals surface area (Å²) < 4.78 is 9.82. The Hall–Kier alpha value is -3.15. The van der Waals surface area contributed by atoms with Gasteiger partial charge in [0.2, 0.25) is 5.43 Å². The van der Waals surface area contributed by atoms with Crippen molar-refractivity contribution in [3.05, 3.63) is 71.1 Å². The van der Waals surface area contributed by atoms with Gasteiger partial charge in [0.15, 0.2) is 0 Å². The Morgan fingerprint density at radius 3 is 2.30 bits per heavy atom. The largest absolute Gasteiger partial charge is 0.458 e. The van der Waals surface area contributed by atoms with Gasteiger partial charge in [0.25, 0.3) is 0 Å². The van der Waals surface area contributed by atoms with Gasteiger partial charge < -0.3 is 14.5 Å². The zero-order chi connectivity index (χ0) is 16.8. The number of nitrogens with one attached hydrogen (secondary N) is 1. The lowest BCUT2D eigenvalue weighted by Crippen LogP contribution is -2.25. The number of para-hydroxylation sites is 1. The van der Waals surface area contributed by atoms with Crippen LogP contribution in [0.1, 0.15) is 20.8 Å². The van der Waals surface area contributed by atoms with E-state index in [0.717, 1.165) is 0 Å². The van der Waals surface area contributed by atoms with Crippen LogP contribution in [-0.4, -0.2) is 30.1 Å². The lowest BCUT2D eigenvalue weighted by atomic mass is 10.1. The second-order valence-electron chi connectivity index (χ2n) is 4.52. The Morgan fingerprint density at radius 2 is 1.65 bits per heavy atom. The summed E-state index contributed by atoms with van der Waals surface area (Å²) in [5.74, 6) is -1.75. The minimum Gasteiger partial charge on any atom is -0.458 e. The standard InChI is InChI=1S/C17H15NO5/c1-3-9-22-16(20)13-14(17(21)23-10-4-2)18-12-8-6-5-7-11(12)15(13)19/h3-8H,1-2,9-10H2,(H,18,19). The molecular weight excluding hydrogens is 298 g/mol. The minimum absolute atomic E-state index is 0.0468. The molecule has 6 nitrogen and oxygen atoms in total. The van der Waals surface area contributed by atoms with Crippen LogP contribution in [0.25, 0.3) is 10.9 Å². The molecule has 23 heavy (non-hydrogen) atoms. The number of esters is 2. The van der Waals surface area contributed by atoms with Crippen LogP contribution >= 0.6 is 0 Å². The number of carbonyl (C=O) groups excluding carboxylic acids is 2. The third-order valence-corrected chi connectivity index (χ3v) is 2.98. The number of pyridine rings is 1. The van der Waals surface area contributed by atoms with Gasteiger partial charge in [-0.1, -0.05) is 37.4 Å². The highest BCUT2D eigenvalue weighted by Gasteiger charge is 2.25. The maximum absolute atomic E-state index is 12.6. The average molecular weight is 313 g/mol. The quantitative estimate of drug-likeness (QED) is 0.653. The third kappa shape index (κ3) is 3.37. The van der Waals surface area contributed by atoms with Crippen molar-refractivity contribution in [1.29, 1.82) is 0 Å². The number of H-pyrrole nitrogens is 1. The van der Waals surface area contributed by atoms with Gasteiger partial charge in [-0.05, 0) is 12.1 Å². The SMILES string of the molecule is C=CCOC(=O)c1[nH]c2ccccc2c(=O)c1C(=O)OCC=C. The fraction of sp³-hybridized carbons (Fsp3) is 0.118. The molecule has 1 aromatic heterocycles. The van der Waals surface area contributed by atoms with Crippen molar-refractivity contribution in [3.8, 4) is 0 Å². The Bertz CT molecular complexity index is 834. The summed E-state index contributed by atoms with van der Waals surface area (Å²) in [6.45, 7) is 6.75. The molecule has 1 aromatic carbocycles. The van der Waals surface area contributed by atoms with E-state index < -0.39 is 17.4 Å². The smallest absolute Gasteiger partial charge is 0.356 e. The number of hydrogen-bond donors (Lipinski definition) is 1. The second-order valence-corrected chi connectivity index (χ2v) is 4.52. The Morgan fingerprint density at radius 1 is 1.04 bits per heavy atom. The van der Waals surface area contributed by atoms with Gasteiger partial charge in [-0.2, -0.15) is 0 Å². The number of rotatable bonds is 6. The van der Waals surface area contributed by atoms with Gasteiger partial charge in [-0.3, -0.25) is 4.79 Å². The van der Waals surface area contributed by atoms with Crippen molar-refractivity contribution in [3.63, 3.8) is 0 Å². The third-order valence-electron chi connectivity index (χ3n) is 2.98. The predicted molar refractivity (Wildman–Crippen MR) is 85.5 cm³/mol. The first-order chi connectivity index (χ1) is 11.1. The fourth-order valence-corrected chi connectivity index (χ4v) is 2.00. The second kappa shape index (κ2) is 7.22. The summed E-state index contributed by atoms with van der Waals surface area (Å²) in [4.78, 5) is 39.6. The lowest BCUT2D eigenvalue weighted by Gasteiger charge is -2.10. The van der Waals surface area contributed by atoms with Crippen LogP contribution < -0.4 is 5.43 Å². The van der Waals surface area contributed by atoms with E-state index in [1.54, 1.807) is 24.3 Å². The van der Waals surface area contributed by atoms with Crippen molar-refractivity contribution < 1.29 is 19.1 Å². The molecule has 0 fully saturated rings. The molecule has 0 aliphatic heterocycles. The van der Waals surface area contributed by atoms with Crippen LogP contribution in [0.5, 0.6) is 0 Å². The summed E-state index contributed by atoms with van der Waals surface area (Å²) in [6, 6.07) is 6.54. The molecule has 0 spiro atoms. The number of carbonyl (C=O) groups is 2. The van der Waals surface area contributed by atoms with Crippen LogP contribution in [-0.2, 0) is 9.47 Å². The van der Waals surface area contributed by atoms with Crippen molar-refractivity contribution in [2.75, 3.05) is 13.2 Å². The van der Waals surface area contributed by atoms with E-state index in [2.05, 4.69) is 18.1 Å². The van der Waals surface area contributed by atoms with Gasteiger partial charge in [0, 0.05) is 10.9 Å². The molecule has 1 N–H and O–H groups in total. The molecule has 0 radical (unpaired) electrons. The number of hydrogen-bond acceptors (Lipinski definition) is 5. The maximum atomic E-state index is 12.6. The van der Waals surface area contributed by atoms with Gasteiger partial charge in [-0.15, -0.1) is 0 Å². The lowest BCUT2D eigenvalue weighted by molar-refractivity contribution is 0.0497. The van der Waals surface area contributed by atoms with Gasteiger partial charge in [-0.25, -0.2) is 9.59 Å². The van der Waals surface area contributed by atoms with Crippen LogP contribution in [0.15, 0.2) is 54.4 Å². The molecule has 6 heteroatoms. The number of aromatic nitrogens is 1. The van der Waals surface area contributed by atoms with Gasteiger partial charge in [0.1, 0.15) is 24.5 Å². The number of aromatic amines is 1. The van der Waals surface area contributed by atoms with Crippen LogP contribution in [0.3, 0.4) is 0 Å². The highest BCUT2D eigenvalue weighted by molar-refractivity contribution is 6.04. The van der Waals surface area contributed by atoms with E-state index in [-0.39, 0.29) is 29.9 Å². The Balaban J connectivity index is 2.63. The summed E-state index contributed by atoms with van der Waals surface area (Å²) in [5, 5.41) is 0.276. The van der Waals surface area contributed by atoms with Crippen molar-refractivity contribution in [2.24, 2.45) is 0 Å². The first-order valence-corrected chi connectivity index (χ1v) is 6.81. The van der Waals surface area contributed by atoms with Crippen molar-refractivity contribution in [2.45, 2.75) is 0 Å². The summed E-state index contributed by atoms with van der Waals surface area (Å²) >= 11 is 0. The molecule has 0 unspecified atom stereocenters. The van der Waals surface area contributed by atoms with Gasteiger partial charge >= 0.3 is 11.9 Å². The molecule has 0 aliphatic rings. The molecule has 118 valence electrons. The van der Waals surface area contributed by atoms with Crippen molar-refractivity contribution in [1.82, 2.24) is 4.98 Å². The van der Waals surface area contributed by atoms with E-state index in [1.807, 2.05) is 0 Å².